The fraction of sp³-hybridized carbons (Fsp3) is 0.750. The van der Waals surface area contributed by atoms with Crippen molar-refractivity contribution in [2.75, 3.05) is 39.8 Å². The van der Waals surface area contributed by atoms with E-state index >= 15 is 0 Å². The van der Waals surface area contributed by atoms with Gasteiger partial charge in [-0.05, 0) is 25.7 Å². The number of carbonyl (C=O) groups excluding carboxylic acids is 1. The lowest BCUT2D eigenvalue weighted by Gasteiger charge is -2.37. The van der Waals surface area contributed by atoms with Gasteiger partial charge in [-0.15, -0.1) is 24.0 Å². The maximum atomic E-state index is 12.5. The van der Waals surface area contributed by atoms with E-state index in [1.165, 1.54) is 11.3 Å². The highest BCUT2D eigenvalue weighted by molar-refractivity contribution is 14.0. The summed E-state index contributed by atoms with van der Waals surface area (Å²) in [6, 6.07) is 0. The minimum absolute atomic E-state index is 0. The Kier molecular flexibility index (Phi) is 9.19. The van der Waals surface area contributed by atoms with E-state index in [2.05, 4.69) is 34.2 Å². The lowest BCUT2D eigenvalue weighted by atomic mass is 10.1. The fourth-order valence-electron chi connectivity index (χ4n) is 4.21. The molecule has 8 nitrogen and oxygen atoms in total. The molecule has 3 heterocycles. The average Bonchev–Trinajstić information content (AvgIpc) is 3.36. The van der Waals surface area contributed by atoms with Gasteiger partial charge in [0.2, 0.25) is 0 Å². The monoisotopic (exact) mass is 518 g/mol. The minimum Gasteiger partial charge on any atom is -0.368 e. The van der Waals surface area contributed by atoms with E-state index in [9.17, 15) is 4.79 Å². The van der Waals surface area contributed by atoms with Gasteiger partial charge in [-0.2, -0.15) is 5.10 Å². The largest absolute Gasteiger partial charge is 0.368 e. The number of amides is 1. The number of carbonyl (C=O) groups is 1. The Labute approximate surface area is 191 Å². The van der Waals surface area contributed by atoms with Gasteiger partial charge in [0.1, 0.15) is 6.10 Å². The molecule has 3 rings (SSSR count). The predicted octanol–water partition coefficient (Wildman–Crippen LogP) is 1.56. The average molecular weight is 518 g/mol. The molecule has 1 aromatic heterocycles. The number of halogens is 1. The molecule has 9 heteroatoms. The molecule has 1 atom stereocenters. The van der Waals surface area contributed by atoms with Gasteiger partial charge in [-0.3, -0.25) is 14.5 Å². The molecule has 2 aliphatic heterocycles. The summed E-state index contributed by atoms with van der Waals surface area (Å²) in [5, 5.41) is 8.16. The Morgan fingerprint density at radius 3 is 2.45 bits per heavy atom. The molecule has 29 heavy (non-hydrogen) atoms. The van der Waals surface area contributed by atoms with E-state index in [-0.39, 0.29) is 36.0 Å². The van der Waals surface area contributed by atoms with E-state index in [0.717, 1.165) is 57.0 Å². The number of hydrogen-bond donors (Lipinski definition) is 1. The van der Waals surface area contributed by atoms with E-state index in [1.807, 2.05) is 23.7 Å². The number of nitrogens with zero attached hydrogens (tertiary/aromatic N) is 5. The summed E-state index contributed by atoms with van der Waals surface area (Å²) < 4.78 is 7.54. The van der Waals surface area contributed by atoms with Crippen molar-refractivity contribution < 1.29 is 9.53 Å². The Balaban J connectivity index is 0.00000300. The zero-order valence-corrected chi connectivity index (χ0v) is 20.4. The van der Waals surface area contributed by atoms with Crippen LogP contribution in [0.1, 0.15) is 43.6 Å². The van der Waals surface area contributed by atoms with Crippen molar-refractivity contribution in [2.45, 2.75) is 52.2 Å². The van der Waals surface area contributed by atoms with Gasteiger partial charge in [0, 0.05) is 64.7 Å². The van der Waals surface area contributed by atoms with Crippen molar-refractivity contribution in [1.29, 1.82) is 0 Å². The number of aryl methyl sites for hydroxylation is 2. The summed E-state index contributed by atoms with van der Waals surface area (Å²) >= 11 is 0. The molecule has 0 radical (unpaired) electrons. The quantitative estimate of drug-likeness (QED) is 0.364. The van der Waals surface area contributed by atoms with Gasteiger partial charge >= 0.3 is 0 Å². The molecule has 2 saturated heterocycles. The minimum atomic E-state index is -0.227. The van der Waals surface area contributed by atoms with Crippen LogP contribution >= 0.6 is 24.0 Å². The second-order valence-electron chi connectivity index (χ2n) is 7.42. The van der Waals surface area contributed by atoms with Crippen LogP contribution in [0.3, 0.4) is 0 Å². The molecule has 2 fully saturated rings. The van der Waals surface area contributed by atoms with Crippen LogP contribution in [-0.2, 0) is 36.0 Å². The maximum absolute atomic E-state index is 12.5. The molecular weight excluding hydrogens is 483 g/mol. The lowest BCUT2D eigenvalue weighted by molar-refractivity contribution is -0.142. The van der Waals surface area contributed by atoms with Crippen LogP contribution in [0, 0.1) is 0 Å². The first-order valence-electron chi connectivity index (χ1n) is 10.5. The molecule has 1 amide bonds. The van der Waals surface area contributed by atoms with Crippen molar-refractivity contribution in [3.63, 3.8) is 0 Å². The maximum Gasteiger partial charge on any atom is 0.251 e. The Morgan fingerprint density at radius 2 is 1.90 bits per heavy atom. The second-order valence-corrected chi connectivity index (χ2v) is 7.42. The Bertz CT molecular complexity index is 706. The second kappa shape index (κ2) is 11.1. The third-order valence-corrected chi connectivity index (χ3v) is 5.76. The van der Waals surface area contributed by atoms with Crippen molar-refractivity contribution in [3.05, 3.63) is 17.0 Å². The molecular formula is C20H35IN6O2. The van der Waals surface area contributed by atoms with Crippen LogP contribution in [0.5, 0.6) is 0 Å². The van der Waals surface area contributed by atoms with Crippen molar-refractivity contribution in [1.82, 2.24) is 24.9 Å². The Morgan fingerprint density at radius 1 is 1.21 bits per heavy atom. The highest BCUT2D eigenvalue weighted by Gasteiger charge is 2.31. The van der Waals surface area contributed by atoms with Crippen molar-refractivity contribution in [3.8, 4) is 0 Å². The highest BCUT2D eigenvalue weighted by Crippen LogP contribution is 2.17. The summed E-state index contributed by atoms with van der Waals surface area (Å²) in [7, 11) is 3.83. The molecule has 0 aromatic carbocycles. The standard InChI is InChI=1S/C20H34N6O2.HI/c1-5-16-15(17(6-2)24(4)23-16)14-22-20(21-3)26-11-9-25(10-12-26)19(27)18-8-7-13-28-18;/h18H,5-14H2,1-4H3,(H,21,22);1H. The SMILES string of the molecule is CCc1nn(C)c(CC)c1CNC(=NC)N1CCN(C(=O)C2CCCO2)CC1.I. The summed E-state index contributed by atoms with van der Waals surface area (Å²) in [6.45, 7) is 8.74. The number of ether oxygens (including phenoxy) is 1. The smallest absolute Gasteiger partial charge is 0.251 e. The number of aromatic nitrogens is 2. The van der Waals surface area contributed by atoms with Gasteiger partial charge < -0.3 is 19.9 Å². The molecule has 0 aliphatic carbocycles. The number of guanidine groups is 1. The van der Waals surface area contributed by atoms with Crippen molar-refractivity contribution >= 4 is 35.8 Å². The van der Waals surface area contributed by atoms with E-state index in [4.69, 9.17) is 4.74 Å². The lowest BCUT2D eigenvalue weighted by Crippen LogP contribution is -2.55. The third-order valence-electron chi connectivity index (χ3n) is 5.76. The van der Waals surface area contributed by atoms with E-state index < -0.39 is 0 Å². The van der Waals surface area contributed by atoms with Gasteiger partial charge in [-0.25, -0.2) is 0 Å². The normalized spacial score (nSPS) is 20.0. The van der Waals surface area contributed by atoms with Crippen LogP contribution in [0.2, 0.25) is 0 Å². The zero-order valence-electron chi connectivity index (χ0n) is 18.1. The number of hydrogen-bond acceptors (Lipinski definition) is 4. The molecule has 2 aliphatic rings. The first-order valence-corrected chi connectivity index (χ1v) is 10.5. The molecule has 164 valence electrons. The summed E-state index contributed by atoms with van der Waals surface area (Å²) in [6.07, 6.45) is 3.50. The number of aliphatic imine (C=N–C) groups is 1. The fourth-order valence-corrected chi connectivity index (χ4v) is 4.21. The molecule has 0 spiro atoms. The summed E-state index contributed by atoms with van der Waals surface area (Å²) in [5.41, 5.74) is 3.70. The molecule has 1 N–H and O–H groups in total. The molecule has 1 aromatic rings. The van der Waals surface area contributed by atoms with Crippen LogP contribution in [0.15, 0.2) is 4.99 Å². The van der Waals surface area contributed by atoms with Gasteiger partial charge in [0.15, 0.2) is 5.96 Å². The van der Waals surface area contributed by atoms with E-state index in [0.29, 0.717) is 19.7 Å². The van der Waals surface area contributed by atoms with Crippen LogP contribution < -0.4 is 5.32 Å². The van der Waals surface area contributed by atoms with Crippen LogP contribution in [-0.4, -0.2) is 77.4 Å². The number of nitrogens with one attached hydrogen (secondary N) is 1. The summed E-state index contributed by atoms with van der Waals surface area (Å²) in [4.78, 5) is 21.2. The third kappa shape index (κ3) is 5.42. The topological polar surface area (TPSA) is 75.0 Å². The zero-order chi connectivity index (χ0) is 20.1. The molecule has 0 saturated carbocycles. The molecule has 1 unspecified atom stereocenters. The van der Waals surface area contributed by atoms with E-state index in [1.54, 1.807) is 0 Å². The predicted molar refractivity (Wildman–Crippen MR) is 125 cm³/mol. The first kappa shape index (κ1) is 23.9. The van der Waals surface area contributed by atoms with Crippen LogP contribution in [0.4, 0.5) is 0 Å². The van der Waals surface area contributed by atoms with Crippen LogP contribution in [0.25, 0.3) is 0 Å². The highest BCUT2D eigenvalue weighted by atomic mass is 127. The first-order chi connectivity index (χ1) is 13.6. The summed E-state index contributed by atoms with van der Waals surface area (Å²) in [5.74, 6) is 1.04. The number of piperazine rings is 1. The number of rotatable bonds is 5. The Hall–Kier alpha value is -1.36. The van der Waals surface area contributed by atoms with Gasteiger partial charge in [0.25, 0.3) is 5.91 Å². The molecule has 0 bridgehead atoms. The van der Waals surface area contributed by atoms with Gasteiger partial charge in [-0.1, -0.05) is 13.8 Å². The van der Waals surface area contributed by atoms with Gasteiger partial charge in [0.05, 0.1) is 5.69 Å². The van der Waals surface area contributed by atoms with Crippen molar-refractivity contribution in [2.24, 2.45) is 12.0 Å².